The maximum Gasteiger partial charge on any atom is 0.296 e. The van der Waals surface area contributed by atoms with E-state index in [1.54, 1.807) is 54.6 Å². The highest BCUT2D eigenvalue weighted by Gasteiger charge is 2.47. The number of ether oxygens (including phenoxy) is 3. The van der Waals surface area contributed by atoms with Crippen LogP contribution >= 0.6 is 23.1 Å². The maximum atomic E-state index is 14.2. The molecule has 3 heterocycles. The summed E-state index contributed by atoms with van der Waals surface area (Å²) in [5, 5.41) is 20.7. The number of aliphatic hydroxyl groups excluding tert-OH is 1. The van der Waals surface area contributed by atoms with Gasteiger partial charge in [0.2, 0.25) is 10.9 Å². The molecule has 5 aromatic rings. The summed E-state index contributed by atoms with van der Waals surface area (Å²) in [6.45, 7) is 4.75. The van der Waals surface area contributed by atoms with E-state index in [2.05, 4.69) is 17.1 Å². The Kier molecular flexibility index (Phi) is 9.97. The number of hydrogen-bond donors (Lipinski definition) is 1. The summed E-state index contributed by atoms with van der Waals surface area (Å²) in [5.74, 6) is -0.747. The van der Waals surface area contributed by atoms with Gasteiger partial charge in [0, 0.05) is 11.1 Å². The van der Waals surface area contributed by atoms with E-state index in [0.717, 1.165) is 29.7 Å². The van der Waals surface area contributed by atoms with Gasteiger partial charge in [-0.15, -0.1) is 10.2 Å². The van der Waals surface area contributed by atoms with Crippen LogP contribution in [0.1, 0.15) is 54.4 Å². The second kappa shape index (κ2) is 14.5. The molecule has 0 spiro atoms. The molecule has 248 valence electrons. The number of nitrogens with zero attached hydrogens (tertiary/aromatic N) is 3. The largest absolute Gasteiger partial charge is 0.503 e. The Morgan fingerprint density at radius 2 is 1.85 bits per heavy atom. The zero-order chi connectivity index (χ0) is 33.8. The fourth-order valence-corrected chi connectivity index (χ4v) is 7.11. The Morgan fingerprint density at radius 1 is 1.04 bits per heavy atom. The lowest BCUT2D eigenvalue weighted by molar-refractivity contribution is -0.117. The minimum Gasteiger partial charge on any atom is -0.503 e. The number of carbonyl (C=O) groups is 2. The van der Waals surface area contributed by atoms with Gasteiger partial charge in [0.15, 0.2) is 38.7 Å². The molecule has 10 nitrogen and oxygen atoms in total. The highest BCUT2D eigenvalue weighted by Crippen LogP contribution is 2.46. The van der Waals surface area contributed by atoms with E-state index < -0.39 is 23.5 Å². The number of rotatable bonds is 14. The van der Waals surface area contributed by atoms with E-state index in [9.17, 15) is 19.1 Å². The van der Waals surface area contributed by atoms with Crippen LogP contribution in [0.25, 0.3) is 11.0 Å². The fraction of sp³-hybridized carbons (Fsp3) is 0.257. The van der Waals surface area contributed by atoms with Gasteiger partial charge in [-0.05, 0) is 60.9 Å². The number of benzene rings is 3. The Bertz CT molecular complexity index is 1990. The highest BCUT2D eigenvalue weighted by atomic mass is 32.2. The van der Waals surface area contributed by atoms with Gasteiger partial charge in [-0.1, -0.05) is 66.8 Å². The molecule has 13 heteroatoms. The standard InChI is InChI=1S/C35H32FN3O7S2/c1-4-6-16-45-24-15-12-21(17-26(24)44-5-2)29-28(30(40)27-18-22-8-7-9-25(43-3)32(22)46-27)31(41)33(42)39(29)34-37-38-35(48-34)47-19-20-10-13-23(36)14-11-20/h7-15,17-18,29,41H,4-6,16,19H2,1-3H3. The van der Waals surface area contributed by atoms with Gasteiger partial charge in [0.1, 0.15) is 5.82 Å². The molecular formula is C35H32FN3O7S2. The summed E-state index contributed by atoms with van der Waals surface area (Å²) in [4.78, 5) is 29.3. The number of aromatic nitrogens is 2. The Balaban J connectivity index is 1.40. The first-order valence-electron chi connectivity index (χ1n) is 15.3. The van der Waals surface area contributed by atoms with Crippen LogP contribution in [0.5, 0.6) is 17.2 Å². The molecule has 1 aliphatic heterocycles. The number of ketones is 1. The third-order valence-corrected chi connectivity index (χ3v) is 9.75. The molecule has 0 radical (unpaired) electrons. The van der Waals surface area contributed by atoms with Crippen molar-refractivity contribution in [3.05, 3.63) is 101 Å². The van der Waals surface area contributed by atoms with E-state index in [-0.39, 0.29) is 22.3 Å². The molecule has 0 bridgehead atoms. The van der Waals surface area contributed by atoms with Crippen molar-refractivity contribution in [1.29, 1.82) is 0 Å². The van der Waals surface area contributed by atoms with Crippen LogP contribution in [-0.4, -0.2) is 47.3 Å². The van der Waals surface area contributed by atoms with Crippen LogP contribution in [0.15, 0.2) is 86.8 Å². The van der Waals surface area contributed by atoms with Crippen LogP contribution in [0.3, 0.4) is 0 Å². The quantitative estimate of drug-likeness (QED) is 0.0530. The maximum absolute atomic E-state index is 14.2. The summed E-state index contributed by atoms with van der Waals surface area (Å²) < 4.78 is 37.2. The van der Waals surface area contributed by atoms with E-state index in [4.69, 9.17) is 18.6 Å². The number of hydrogen-bond acceptors (Lipinski definition) is 11. The average Bonchev–Trinajstić information content (AvgIpc) is 3.81. The predicted octanol–water partition coefficient (Wildman–Crippen LogP) is 8.08. The Labute approximate surface area is 284 Å². The molecule has 3 aromatic carbocycles. The van der Waals surface area contributed by atoms with Crippen molar-refractivity contribution < 1.29 is 37.7 Å². The van der Waals surface area contributed by atoms with Gasteiger partial charge < -0.3 is 23.7 Å². The van der Waals surface area contributed by atoms with Crippen molar-refractivity contribution >= 4 is 50.9 Å². The lowest BCUT2D eigenvalue weighted by atomic mass is 9.95. The van der Waals surface area contributed by atoms with Crippen molar-refractivity contribution in [3.63, 3.8) is 0 Å². The minimum atomic E-state index is -1.10. The molecule has 1 aliphatic rings. The van der Waals surface area contributed by atoms with E-state index >= 15 is 0 Å². The van der Waals surface area contributed by atoms with Crippen LogP contribution in [0.4, 0.5) is 9.52 Å². The Hall–Kier alpha value is -4.88. The van der Waals surface area contributed by atoms with Gasteiger partial charge in [-0.3, -0.25) is 14.5 Å². The lowest BCUT2D eigenvalue weighted by Crippen LogP contribution is -2.31. The van der Waals surface area contributed by atoms with E-state index in [1.807, 2.05) is 6.92 Å². The molecule has 0 saturated carbocycles. The molecule has 0 fully saturated rings. The number of halogens is 1. The minimum absolute atomic E-state index is 0.0759. The molecule has 1 amide bonds. The first-order valence-corrected chi connectivity index (χ1v) is 17.1. The number of amides is 1. The molecule has 2 aromatic heterocycles. The predicted molar refractivity (Wildman–Crippen MR) is 181 cm³/mol. The number of Topliss-reactive ketones (excluding diaryl/α,β-unsaturated/α-hetero) is 1. The van der Waals surface area contributed by atoms with Gasteiger partial charge in [-0.25, -0.2) is 4.39 Å². The Morgan fingerprint density at radius 3 is 2.60 bits per heavy atom. The molecule has 0 saturated heterocycles. The second-order valence-electron chi connectivity index (χ2n) is 10.8. The molecule has 0 aliphatic carbocycles. The summed E-state index contributed by atoms with van der Waals surface area (Å²) in [7, 11) is 1.50. The van der Waals surface area contributed by atoms with Crippen LogP contribution in [0, 0.1) is 5.82 Å². The monoisotopic (exact) mass is 689 g/mol. The number of thioether (sulfide) groups is 1. The number of methoxy groups -OCH3 is 1. The number of carbonyl (C=O) groups excluding carboxylic acids is 2. The number of furan rings is 1. The summed E-state index contributed by atoms with van der Waals surface area (Å²) in [5.41, 5.74) is 1.54. The third-order valence-electron chi connectivity index (χ3n) is 7.62. The van der Waals surface area contributed by atoms with Crippen LogP contribution in [0.2, 0.25) is 0 Å². The van der Waals surface area contributed by atoms with Gasteiger partial charge >= 0.3 is 0 Å². The zero-order valence-electron chi connectivity index (χ0n) is 26.4. The second-order valence-corrected chi connectivity index (χ2v) is 12.9. The summed E-state index contributed by atoms with van der Waals surface area (Å²) in [6.07, 6.45) is 1.81. The van der Waals surface area contributed by atoms with Crippen molar-refractivity contribution in [2.24, 2.45) is 0 Å². The molecule has 1 atom stereocenters. The zero-order valence-corrected chi connectivity index (χ0v) is 28.0. The van der Waals surface area contributed by atoms with E-state index in [1.165, 1.54) is 35.9 Å². The van der Waals surface area contributed by atoms with Crippen molar-refractivity contribution in [2.45, 2.75) is 42.8 Å². The first-order chi connectivity index (χ1) is 23.3. The summed E-state index contributed by atoms with van der Waals surface area (Å²) in [6, 6.07) is 17.0. The lowest BCUT2D eigenvalue weighted by Gasteiger charge is -2.24. The number of fused-ring (bicyclic) bond motifs is 1. The highest BCUT2D eigenvalue weighted by molar-refractivity contribution is 8.00. The van der Waals surface area contributed by atoms with Crippen molar-refractivity contribution in [3.8, 4) is 17.2 Å². The fourth-order valence-electron chi connectivity index (χ4n) is 5.28. The van der Waals surface area contributed by atoms with Gasteiger partial charge in [0.05, 0.1) is 31.9 Å². The first kappa shape index (κ1) is 33.0. The normalized spacial score (nSPS) is 14.6. The molecular weight excluding hydrogens is 658 g/mol. The number of aliphatic hydroxyl groups is 1. The smallest absolute Gasteiger partial charge is 0.296 e. The van der Waals surface area contributed by atoms with Gasteiger partial charge in [0.25, 0.3) is 5.91 Å². The van der Waals surface area contributed by atoms with Crippen molar-refractivity contribution in [2.75, 3.05) is 25.2 Å². The SMILES string of the molecule is CCCCOc1ccc(C2C(C(=O)c3cc4cccc(OC)c4o3)=C(O)C(=O)N2c2nnc(SCc3ccc(F)cc3)s2)cc1OCC. The van der Waals surface area contributed by atoms with Crippen LogP contribution < -0.4 is 19.1 Å². The number of unbranched alkanes of at least 4 members (excludes halogenated alkanes) is 1. The van der Waals surface area contributed by atoms with E-state index in [0.29, 0.717) is 57.1 Å². The molecule has 48 heavy (non-hydrogen) atoms. The van der Waals surface area contributed by atoms with Gasteiger partial charge in [-0.2, -0.15) is 0 Å². The van der Waals surface area contributed by atoms with Crippen LogP contribution in [-0.2, 0) is 10.5 Å². The molecule has 6 rings (SSSR count). The van der Waals surface area contributed by atoms with Crippen molar-refractivity contribution in [1.82, 2.24) is 10.2 Å². The summed E-state index contributed by atoms with van der Waals surface area (Å²) >= 11 is 2.50. The number of anilines is 1. The third kappa shape index (κ3) is 6.60. The topological polar surface area (TPSA) is 124 Å². The number of para-hydroxylation sites is 1. The average molecular weight is 690 g/mol. The molecule has 1 N–H and O–H groups in total. The molecule has 1 unspecified atom stereocenters.